The van der Waals surface area contributed by atoms with Crippen LogP contribution in [0.3, 0.4) is 0 Å². The fraction of sp³-hybridized carbons (Fsp3) is 0.111. The van der Waals surface area contributed by atoms with Crippen LogP contribution < -0.4 is 10.2 Å². The summed E-state index contributed by atoms with van der Waals surface area (Å²) >= 11 is 0. The summed E-state index contributed by atoms with van der Waals surface area (Å²) in [6, 6.07) is 24.2. The summed E-state index contributed by atoms with van der Waals surface area (Å²) in [6.07, 6.45) is 1.51. The highest BCUT2D eigenvalue weighted by Crippen LogP contribution is 2.30. The molecule has 1 N–H and O–H groups in total. The van der Waals surface area contributed by atoms with Crippen molar-refractivity contribution in [1.82, 2.24) is 20.3 Å². The normalized spacial score (nSPS) is 11.8. The fourth-order valence-electron chi connectivity index (χ4n) is 4.04. The molecule has 0 unspecified atom stereocenters. The van der Waals surface area contributed by atoms with Crippen LogP contribution in [-0.4, -0.2) is 26.8 Å². The summed E-state index contributed by atoms with van der Waals surface area (Å²) in [5, 5.41) is 11.0. The fourth-order valence-corrected chi connectivity index (χ4v) is 4.04. The molecule has 9 heteroatoms. The quantitative estimate of drug-likeness (QED) is 0.356. The molecule has 0 fully saturated rings. The number of para-hydroxylation sites is 2. The van der Waals surface area contributed by atoms with Crippen molar-refractivity contribution in [2.24, 2.45) is 0 Å². The maximum atomic E-state index is 15.1. The first-order valence-electron chi connectivity index (χ1n) is 11.3. The average molecular weight is 484 g/mol. The molecule has 5 aromatic rings. The molecule has 0 saturated carbocycles. The lowest BCUT2D eigenvalue weighted by atomic mass is 10.0. The average Bonchev–Trinajstić information content (AvgIpc) is 3.57. The minimum Gasteiger partial charge on any atom is -0.467 e. The first-order valence-corrected chi connectivity index (χ1v) is 11.3. The molecular formula is C27H22FN5O3. The number of anilines is 1. The summed E-state index contributed by atoms with van der Waals surface area (Å²) < 4.78 is 21.9. The lowest BCUT2D eigenvalue weighted by molar-refractivity contribution is -0.127. The van der Waals surface area contributed by atoms with Crippen LogP contribution in [0.25, 0.3) is 11.0 Å². The van der Waals surface area contributed by atoms with Gasteiger partial charge in [-0.15, -0.1) is 5.10 Å². The van der Waals surface area contributed by atoms with Crippen molar-refractivity contribution < 1.29 is 18.4 Å². The number of carbonyl (C=O) groups excluding carboxylic acids is 2. The van der Waals surface area contributed by atoms with Gasteiger partial charge in [-0.05, 0) is 42.0 Å². The van der Waals surface area contributed by atoms with Crippen molar-refractivity contribution in [2.45, 2.75) is 19.1 Å². The molecule has 5 rings (SSSR count). The Kier molecular flexibility index (Phi) is 6.53. The predicted octanol–water partition coefficient (Wildman–Crippen LogP) is 4.25. The van der Waals surface area contributed by atoms with E-state index in [0.717, 1.165) is 0 Å². The van der Waals surface area contributed by atoms with Crippen molar-refractivity contribution in [1.29, 1.82) is 0 Å². The molecule has 0 bridgehead atoms. The van der Waals surface area contributed by atoms with Crippen LogP contribution in [0.1, 0.15) is 17.4 Å². The van der Waals surface area contributed by atoms with E-state index in [2.05, 4.69) is 15.6 Å². The summed E-state index contributed by atoms with van der Waals surface area (Å²) in [5.41, 5.74) is 1.78. The number of hydrogen-bond donors (Lipinski definition) is 1. The van der Waals surface area contributed by atoms with Crippen molar-refractivity contribution in [3.63, 3.8) is 0 Å². The molecule has 0 aliphatic heterocycles. The number of aromatic nitrogens is 3. The summed E-state index contributed by atoms with van der Waals surface area (Å²) in [4.78, 5) is 28.6. The second-order valence-corrected chi connectivity index (χ2v) is 8.06. The Bertz CT molecular complexity index is 1480. The van der Waals surface area contributed by atoms with E-state index >= 15 is 4.39 Å². The summed E-state index contributed by atoms with van der Waals surface area (Å²) in [6.45, 7) is -0.133. The molecule has 36 heavy (non-hydrogen) atoms. The van der Waals surface area contributed by atoms with Gasteiger partial charge in [0.2, 0.25) is 11.8 Å². The predicted molar refractivity (Wildman–Crippen MR) is 131 cm³/mol. The number of rotatable bonds is 8. The van der Waals surface area contributed by atoms with Gasteiger partial charge in [0.25, 0.3) is 0 Å². The minimum atomic E-state index is -1.15. The molecule has 3 aromatic carbocycles. The molecule has 1 atom stereocenters. The summed E-state index contributed by atoms with van der Waals surface area (Å²) in [5.74, 6) is -1.10. The van der Waals surface area contributed by atoms with Crippen LogP contribution in [0, 0.1) is 5.82 Å². The van der Waals surface area contributed by atoms with Crippen molar-refractivity contribution in [2.75, 3.05) is 4.90 Å². The monoisotopic (exact) mass is 483 g/mol. The molecule has 0 saturated heterocycles. The van der Waals surface area contributed by atoms with Gasteiger partial charge in [-0.25, -0.2) is 9.07 Å². The van der Waals surface area contributed by atoms with Gasteiger partial charge in [-0.2, -0.15) is 0 Å². The number of benzene rings is 3. The van der Waals surface area contributed by atoms with Gasteiger partial charge in [-0.3, -0.25) is 14.5 Å². The Morgan fingerprint density at radius 2 is 1.69 bits per heavy atom. The third kappa shape index (κ3) is 4.72. The maximum Gasteiger partial charge on any atom is 0.249 e. The number of nitrogens with one attached hydrogen (secondary N) is 1. The number of furan rings is 1. The van der Waals surface area contributed by atoms with E-state index in [-0.39, 0.29) is 18.8 Å². The van der Waals surface area contributed by atoms with Crippen LogP contribution in [0.4, 0.5) is 10.1 Å². The first kappa shape index (κ1) is 23.0. The van der Waals surface area contributed by atoms with Crippen molar-refractivity contribution >= 4 is 28.5 Å². The van der Waals surface area contributed by atoms with E-state index in [0.29, 0.717) is 22.4 Å². The minimum absolute atomic E-state index is 0.0195. The van der Waals surface area contributed by atoms with Crippen LogP contribution in [0.2, 0.25) is 0 Å². The molecular weight excluding hydrogens is 461 g/mol. The van der Waals surface area contributed by atoms with Gasteiger partial charge in [0.05, 0.1) is 24.0 Å². The summed E-state index contributed by atoms with van der Waals surface area (Å²) in [7, 11) is 0. The molecule has 0 aliphatic carbocycles. The van der Waals surface area contributed by atoms with E-state index in [9.17, 15) is 9.59 Å². The molecule has 2 heterocycles. The smallest absolute Gasteiger partial charge is 0.249 e. The first-order chi connectivity index (χ1) is 17.6. The Morgan fingerprint density at radius 3 is 2.47 bits per heavy atom. The number of halogens is 1. The van der Waals surface area contributed by atoms with E-state index in [1.54, 1.807) is 60.7 Å². The Labute approximate surface area is 205 Å². The topological polar surface area (TPSA) is 93.3 Å². The van der Waals surface area contributed by atoms with Crippen molar-refractivity contribution in [3.05, 3.63) is 114 Å². The van der Waals surface area contributed by atoms with Crippen LogP contribution in [0.5, 0.6) is 0 Å². The Hall–Kier alpha value is -4.79. The van der Waals surface area contributed by atoms with E-state index < -0.39 is 23.7 Å². The number of fused-ring (bicyclic) bond motifs is 1. The molecule has 0 radical (unpaired) electrons. The van der Waals surface area contributed by atoms with E-state index in [1.807, 2.05) is 12.1 Å². The number of carbonyl (C=O) groups is 2. The largest absolute Gasteiger partial charge is 0.467 e. The van der Waals surface area contributed by atoms with Crippen LogP contribution in [0.15, 0.2) is 102 Å². The zero-order valence-corrected chi connectivity index (χ0v) is 19.1. The van der Waals surface area contributed by atoms with Gasteiger partial charge in [0, 0.05) is 0 Å². The number of nitrogens with zero attached hydrogens (tertiary/aromatic N) is 4. The Balaban J connectivity index is 1.55. The third-order valence-electron chi connectivity index (χ3n) is 5.72. The second kappa shape index (κ2) is 10.2. The third-order valence-corrected chi connectivity index (χ3v) is 5.72. The van der Waals surface area contributed by atoms with Crippen LogP contribution >= 0.6 is 0 Å². The standard InChI is InChI=1S/C27H22FN5O3/c28-21-12-4-6-14-23(21)33(25(34)18-32-24-15-7-5-13-22(24)30-31-32)26(19-9-2-1-3-10-19)27(35)29-17-20-11-8-16-36-20/h1-16,26H,17-18H2,(H,29,35)/t26-/m0/s1. The lowest BCUT2D eigenvalue weighted by Gasteiger charge is -2.31. The molecule has 8 nitrogen and oxygen atoms in total. The highest BCUT2D eigenvalue weighted by Gasteiger charge is 2.34. The molecule has 2 amide bonds. The lowest BCUT2D eigenvalue weighted by Crippen LogP contribution is -2.45. The van der Waals surface area contributed by atoms with E-state index in [1.165, 1.54) is 34.0 Å². The SMILES string of the molecule is O=C(NCc1ccco1)[C@H](c1ccccc1)N(C(=O)Cn1nnc2ccccc21)c1ccccc1F. The van der Waals surface area contributed by atoms with Gasteiger partial charge >= 0.3 is 0 Å². The number of hydrogen-bond acceptors (Lipinski definition) is 5. The van der Waals surface area contributed by atoms with E-state index in [4.69, 9.17) is 4.42 Å². The van der Waals surface area contributed by atoms with Gasteiger partial charge in [0.1, 0.15) is 29.7 Å². The zero-order valence-electron chi connectivity index (χ0n) is 19.1. The highest BCUT2D eigenvalue weighted by atomic mass is 19.1. The molecule has 180 valence electrons. The van der Waals surface area contributed by atoms with Crippen molar-refractivity contribution in [3.8, 4) is 0 Å². The second-order valence-electron chi connectivity index (χ2n) is 8.06. The Morgan fingerprint density at radius 1 is 0.944 bits per heavy atom. The highest BCUT2D eigenvalue weighted by molar-refractivity contribution is 6.01. The van der Waals surface area contributed by atoms with Gasteiger partial charge in [0.15, 0.2) is 0 Å². The zero-order chi connectivity index (χ0) is 24.9. The maximum absolute atomic E-state index is 15.1. The number of amides is 2. The van der Waals surface area contributed by atoms with Gasteiger partial charge in [-0.1, -0.05) is 59.8 Å². The molecule has 2 aromatic heterocycles. The van der Waals surface area contributed by atoms with Crippen LogP contribution in [-0.2, 0) is 22.7 Å². The van der Waals surface area contributed by atoms with Gasteiger partial charge < -0.3 is 9.73 Å². The molecule has 0 aliphatic rings. The molecule has 0 spiro atoms.